The minimum atomic E-state index is -2.13. The summed E-state index contributed by atoms with van der Waals surface area (Å²) in [6, 6.07) is 9.11. The number of Topliss-reactive ketones (excluding diaryl/α,β-unsaturated/α-hetero) is 1. The highest BCUT2D eigenvalue weighted by Crippen LogP contribution is 2.57. The molecule has 3 unspecified atom stereocenters. The van der Waals surface area contributed by atoms with Crippen molar-refractivity contribution in [3.8, 4) is 0 Å². The molecular formula is C19H23NO5. The van der Waals surface area contributed by atoms with Crippen LogP contribution in [0.4, 0.5) is 0 Å². The number of aliphatic hydroxyl groups is 1. The van der Waals surface area contributed by atoms with Crippen LogP contribution in [0.1, 0.15) is 44.6 Å². The third-order valence-corrected chi connectivity index (χ3v) is 5.44. The van der Waals surface area contributed by atoms with Gasteiger partial charge in [-0.2, -0.15) is 0 Å². The van der Waals surface area contributed by atoms with Gasteiger partial charge in [0, 0.05) is 18.8 Å². The van der Waals surface area contributed by atoms with Gasteiger partial charge in [0.05, 0.1) is 7.11 Å². The van der Waals surface area contributed by atoms with Gasteiger partial charge in [-0.3, -0.25) is 9.59 Å². The topological polar surface area (TPSA) is 92.7 Å². The van der Waals surface area contributed by atoms with Crippen LogP contribution in [0, 0.1) is 10.8 Å². The molecule has 134 valence electrons. The highest BCUT2D eigenvalue weighted by atomic mass is 16.5. The summed E-state index contributed by atoms with van der Waals surface area (Å²) in [6.45, 7) is 3.91. The van der Waals surface area contributed by atoms with Crippen molar-refractivity contribution in [2.24, 2.45) is 10.8 Å². The molecule has 1 aliphatic heterocycles. The summed E-state index contributed by atoms with van der Waals surface area (Å²) in [5, 5.41) is 13.0. The molecule has 1 aliphatic carbocycles. The molecule has 3 atom stereocenters. The van der Waals surface area contributed by atoms with Crippen LogP contribution in [0.25, 0.3) is 0 Å². The average molecular weight is 345 g/mol. The van der Waals surface area contributed by atoms with E-state index in [9.17, 15) is 19.5 Å². The number of ether oxygens (including phenoxy) is 1. The van der Waals surface area contributed by atoms with Gasteiger partial charge in [-0.1, -0.05) is 44.2 Å². The number of carbonyl (C=O) groups is 3. The second-order valence-corrected chi connectivity index (χ2v) is 7.89. The van der Waals surface area contributed by atoms with Crippen molar-refractivity contribution in [3.05, 3.63) is 35.9 Å². The van der Waals surface area contributed by atoms with Gasteiger partial charge in [-0.15, -0.1) is 0 Å². The lowest BCUT2D eigenvalue weighted by Gasteiger charge is -2.45. The number of methoxy groups -OCH3 is 1. The highest BCUT2D eigenvalue weighted by Gasteiger charge is 2.65. The largest absolute Gasteiger partial charge is 0.465 e. The van der Waals surface area contributed by atoms with Crippen LogP contribution in [0.3, 0.4) is 0 Å². The monoisotopic (exact) mass is 345 g/mol. The molecule has 1 aromatic carbocycles. The molecule has 3 rings (SSSR count). The third-order valence-electron chi connectivity index (χ3n) is 5.44. The first-order valence-electron chi connectivity index (χ1n) is 8.36. The highest BCUT2D eigenvalue weighted by molar-refractivity contribution is 6.10. The van der Waals surface area contributed by atoms with Crippen LogP contribution >= 0.6 is 0 Å². The molecule has 1 heterocycles. The summed E-state index contributed by atoms with van der Waals surface area (Å²) in [6.07, 6.45) is 0.569. The van der Waals surface area contributed by atoms with Crippen molar-refractivity contribution < 1.29 is 24.2 Å². The number of piperidine rings is 1. The molecule has 2 aliphatic rings. The molecule has 0 bridgehead atoms. The summed E-state index contributed by atoms with van der Waals surface area (Å²) < 4.78 is 4.66. The molecule has 1 saturated heterocycles. The normalized spacial score (nSPS) is 34.0. The van der Waals surface area contributed by atoms with E-state index in [1.807, 2.05) is 44.2 Å². The predicted molar refractivity (Wildman–Crippen MR) is 89.4 cm³/mol. The zero-order valence-electron chi connectivity index (χ0n) is 14.7. The summed E-state index contributed by atoms with van der Waals surface area (Å²) in [7, 11) is 1.15. The minimum absolute atomic E-state index is 0.1000. The van der Waals surface area contributed by atoms with Gasteiger partial charge in [0.1, 0.15) is 11.2 Å². The van der Waals surface area contributed by atoms with Crippen LogP contribution in [-0.2, 0) is 19.1 Å². The maximum Gasteiger partial charge on any atom is 0.359 e. The Hall–Kier alpha value is -2.21. The number of nitrogens with one attached hydrogen (secondary N) is 1. The number of benzene rings is 1. The summed E-state index contributed by atoms with van der Waals surface area (Å²) in [5.41, 5.74) is -2.97. The zero-order valence-corrected chi connectivity index (χ0v) is 14.7. The number of carbonyl (C=O) groups excluding carboxylic acids is 3. The lowest BCUT2D eigenvalue weighted by molar-refractivity contribution is -0.180. The van der Waals surface area contributed by atoms with Crippen LogP contribution < -0.4 is 5.32 Å². The summed E-state index contributed by atoms with van der Waals surface area (Å²) >= 11 is 0. The van der Waals surface area contributed by atoms with E-state index in [0.29, 0.717) is 12.8 Å². The van der Waals surface area contributed by atoms with Gasteiger partial charge < -0.3 is 15.2 Å². The summed E-state index contributed by atoms with van der Waals surface area (Å²) in [5.74, 6) is -2.27. The van der Waals surface area contributed by atoms with E-state index < -0.39 is 28.9 Å². The van der Waals surface area contributed by atoms with E-state index in [0.717, 1.165) is 12.7 Å². The quantitative estimate of drug-likeness (QED) is 0.626. The zero-order chi connectivity index (χ0) is 18.5. The van der Waals surface area contributed by atoms with Crippen LogP contribution in [0.2, 0.25) is 0 Å². The van der Waals surface area contributed by atoms with E-state index >= 15 is 0 Å². The molecule has 25 heavy (non-hydrogen) atoms. The molecule has 6 nitrogen and oxygen atoms in total. The molecule has 2 fully saturated rings. The van der Waals surface area contributed by atoms with Crippen molar-refractivity contribution in [1.29, 1.82) is 0 Å². The molecule has 6 heteroatoms. The van der Waals surface area contributed by atoms with E-state index in [1.165, 1.54) is 0 Å². The Labute approximate surface area is 146 Å². The van der Waals surface area contributed by atoms with Crippen molar-refractivity contribution in [1.82, 2.24) is 5.32 Å². The SMILES string of the molecule is COC(=O)C1(O)CC(c2ccccc2)C2(CC(C)(C)CC2=O)C(=O)N1. The van der Waals surface area contributed by atoms with Gasteiger partial charge in [0.2, 0.25) is 11.6 Å². The van der Waals surface area contributed by atoms with E-state index in [-0.39, 0.29) is 17.6 Å². The molecule has 0 radical (unpaired) electrons. The summed E-state index contributed by atoms with van der Waals surface area (Å²) in [4.78, 5) is 38.0. The molecule has 1 aromatic rings. The Morgan fingerprint density at radius 1 is 1.24 bits per heavy atom. The Balaban J connectivity index is 2.13. The Morgan fingerprint density at radius 2 is 1.88 bits per heavy atom. The number of ketones is 1. The third kappa shape index (κ3) is 2.65. The first-order chi connectivity index (χ1) is 11.6. The van der Waals surface area contributed by atoms with Gasteiger partial charge in [0.25, 0.3) is 0 Å². The van der Waals surface area contributed by atoms with Gasteiger partial charge in [-0.25, -0.2) is 4.79 Å². The predicted octanol–water partition coefficient (Wildman–Crippen LogP) is 1.53. The first kappa shape index (κ1) is 17.6. The second-order valence-electron chi connectivity index (χ2n) is 7.89. The van der Waals surface area contributed by atoms with E-state index in [1.54, 1.807) is 0 Å². The fourth-order valence-corrected chi connectivity index (χ4v) is 4.40. The molecule has 1 saturated carbocycles. The number of hydrogen-bond acceptors (Lipinski definition) is 5. The molecule has 1 spiro atoms. The smallest absolute Gasteiger partial charge is 0.359 e. The van der Waals surface area contributed by atoms with Crippen molar-refractivity contribution in [2.75, 3.05) is 7.11 Å². The molecular weight excluding hydrogens is 322 g/mol. The average Bonchev–Trinajstić information content (AvgIpc) is 2.81. The standard InChI is InChI=1S/C19H23NO5/c1-17(2)10-14(21)18(11-17)13(12-7-5-4-6-8-12)9-19(24,16(23)25-3)20-15(18)22/h4-8,13,24H,9-11H2,1-3H3,(H,20,22). The molecule has 1 amide bonds. The van der Waals surface area contributed by atoms with E-state index in [2.05, 4.69) is 10.1 Å². The van der Waals surface area contributed by atoms with Crippen LogP contribution in [-0.4, -0.2) is 35.6 Å². The van der Waals surface area contributed by atoms with Crippen molar-refractivity contribution >= 4 is 17.7 Å². The van der Waals surface area contributed by atoms with Crippen molar-refractivity contribution in [2.45, 2.75) is 44.8 Å². The number of hydrogen-bond donors (Lipinski definition) is 2. The molecule has 2 N–H and O–H groups in total. The van der Waals surface area contributed by atoms with Gasteiger partial charge >= 0.3 is 5.97 Å². The Morgan fingerprint density at radius 3 is 2.40 bits per heavy atom. The number of amides is 1. The van der Waals surface area contributed by atoms with Crippen LogP contribution in [0.5, 0.6) is 0 Å². The van der Waals surface area contributed by atoms with Gasteiger partial charge in [-0.05, 0) is 17.4 Å². The van der Waals surface area contributed by atoms with Crippen LogP contribution in [0.15, 0.2) is 30.3 Å². The lowest BCUT2D eigenvalue weighted by Crippen LogP contribution is -2.66. The Bertz CT molecular complexity index is 729. The lowest BCUT2D eigenvalue weighted by atomic mass is 9.63. The number of esters is 1. The minimum Gasteiger partial charge on any atom is -0.465 e. The fraction of sp³-hybridized carbons (Fsp3) is 0.526. The molecule has 0 aromatic heterocycles. The first-order valence-corrected chi connectivity index (χ1v) is 8.36. The van der Waals surface area contributed by atoms with Gasteiger partial charge in [0.15, 0.2) is 0 Å². The Kier molecular flexibility index (Phi) is 3.99. The second kappa shape index (κ2) is 5.66. The van der Waals surface area contributed by atoms with E-state index in [4.69, 9.17) is 0 Å². The maximum absolute atomic E-state index is 13.0. The number of rotatable bonds is 2. The van der Waals surface area contributed by atoms with Crippen molar-refractivity contribution in [3.63, 3.8) is 0 Å². The fourth-order valence-electron chi connectivity index (χ4n) is 4.40. The maximum atomic E-state index is 13.0.